The van der Waals surface area contributed by atoms with Crippen molar-refractivity contribution in [1.82, 2.24) is 19.9 Å². The van der Waals surface area contributed by atoms with Crippen molar-refractivity contribution in [3.05, 3.63) is 42.5 Å². The lowest BCUT2D eigenvalue weighted by atomic mass is 10.3. The van der Waals surface area contributed by atoms with Crippen LogP contribution < -0.4 is 9.64 Å². The molecule has 2 aliphatic heterocycles. The SMILES string of the molecule is O=C(c1ccccn1)N1CC[C@@H](Oc2cc(N3CCOCC3)ncn2)C1. The first-order valence-electron chi connectivity index (χ1n) is 8.81. The highest BCUT2D eigenvalue weighted by Crippen LogP contribution is 2.21. The largest absolute Gasteiger partial charge is 0.472 e. The number of carbonyl (C=O) groups excluding carboxylic acids is 1. The van der Waals surface area contributed by atoms with Crippen LogP contribution in [0.4, 0.5) is 5.82 Å². The molecular formula is C18H21N5O3. The van der Waals surface area contributed by atoms with Crippen molar-refractivity contribution in [2.45, 2.75) is 12.5 Å². The highest BCUT2D eigenvalue weighted by Gasteiger charge is 2.29. The third-order valence-electron chi connectivity index (χ3n) is 4.57. The van der Waals surface area contributed by atoms with E-state index in [1.54, 1.807) is 23.2 Å². The van der Waals surface area contributed by atoms with Gasteiger partial charge >= 0.3 is 0 Å². The number of anilines is 1. The van der Waals surface area contributed by atoms with Crippen LogP contribution in [0.5, 0.6) is 5.88 Å². The molecule has 8 nitrogen and oxygen atoms in total. The maximum absolute atomic E-state index is 12.5. The van der Waals surface area contributed by atoms with Crippen molar-refractivity contribution in [3.63, 3.8) is 0 Å². The number of ether oxygens (including phenoxy) is 2. The van der Waals surface area contributed by atoms with Crippen molar-refractivity contribution in [3.8, 4) is 5.88 Å². The third-order valence-corrected chi connectivity index (χ3v) is 4.57. The van der Waals surface area contributed by atoms with Crippen LogP contribution in [0.1, 0.15) is 16.9 Å². The number of hydrogen-bond acceptors (Lipinski definition) is 7. The minimum absolute atomic E-state index is 0.0617. The Morgan fingerprint density at radius 2 is 2.04 bits per heavy atom. The number of aromatic nitrogens is 3. The Morgan fingerprint density at radius 3 is 2.85 bits per heavy atom. The average Bonchev–Trinajstić information content (AvgIpc) is 3.17. The second-order valence-electron chi connectivity index (χ2n) is 6.31. The normalized spacial score (nSPS) is 20.2. The van der Waals surface area contributed by atoms with E-state index in [-0.39, 0.29) is 12.0 Å². The molecule has 4 heterocycles. The molecule has 0 aromatic carbocycles. The monoisotopic (exact) mass is 355 g/mol. The highest BCUT2D eigenvalue weighted by atomic mass is 16.5. The molecule has 26 heavy (non-hydrogen) atoms. The molecule has 0 N–H and O–H groups in total. The van der Waals surface area contributed by atoms with Crippen LogP contribution in [-0.4, -0.2) is 71.3 Å². The molecule has 0 radical (unpaired) electrons. The van der Waals surface area contributed by atoms with E-state index in [9.17, 15) is 4.79 Å². The Bertz CT molecular complexity index is 752. The summed E-state index contributed by atoms with van der Waals surface area (Å²) in [5.41, 5.74) is 0.463. The molecular weight excluding hydrogens is 334 g/mol. The Balaban J connectivity index is 1.37. The molecule has 0 aliphatic carbocycles. The Hall–Kier alpha value is -2.74. The summed E-state index contributed by atoms with van der Waals surface area (Å²) in [4.78, 5) is 29.1. The van der Waals surface area contributed by atoms with E-state index in [1.807, 2.05) is 12.1 Å². The summed E-state index contributed by atoms with van der Waals surface area (Å²) in [6.45, 7) is 4.22. The van der Waals surface area contributed by atoms with Gasteiger partial charge in [-0.15, -0.1) is 0 Å². The molecule has 2 fully saturated rings. The first-order chi connectivity index (χ1) is 12.8. The van der Waals surface area contributed by atoms with Gasteiger partial charge in [-0.05, 0) is 12.1 Å². The van der Waals surface area contributed by atoms with Crippen LogP contribution in [-0.2, 0) is 4.74 Å². The van der Waals surface area contributed by atoms with Gasteiger partial charge < -0.3 is 19.3 Å². The standard InChI is InChI=1S/C18H21N5O3/c24-18(15-3-1-2-5-19-15)23-6-4-14(12-23)26-17-11-16(20-13-21-17)22-7-9-25-10-8-22/h1-3,5,11,13-14H,4,6-10,12H2/t14-/m1/s1. The lowest BCUT2D eigenvalue weighted by molar-refractivity contribution is 0.0765. The maximum Gasteiger partial charge on any atom is 0.272 e. The van der Waals surface area contributed by atoms with Crippen molar-refractivity contribution < 1.29 is 14.3 Å². The fourth-order valence-electron chi connectivity index (χ4n) is 3.19. The molecule has 1 atom stereocenters. The summed E-state index contributed by atoms with van der Waals surface area (Å²) < 4.78 is 11.4. The second-order valence-corrected chi connectivity index (χ2v) is 6.31. The quantitative estimate of drug-likeness (QED) is 0.809. The van der Waals surface area contributed by atoms with Gasteiger partial charge in [0, 0.05) is 38.3 Å². The number of likely N-dealkylation sites (tertiary alicyclic amines) is 1. The Kier molecular flexibility index (Phi) is 4.92. The van der Waals surface area contributed by atoms with Crippen LogP contribution >= 0.6 is 0 Å². The molecule has 1 amide bonds. The van der Waals surface area contributed by atoms with E-state index < -0.39 is 0 Å². The number of pyridine rings is 1. The smallest absolute Gasteiger partial charge is 0.272 e. The highest BCUT2D eigenvalue weighted by molar-refractivity contribution is 5.92. The van der Waals surface area contributed by atoms with Gasteiger partial charge in [0.1, 0.15) is 23.9 Å². The van der Waals surface area contributed by atoms with Crippen molar-refractivity contribution >= 4 is 11.7 Å². The van der Waals surface area contributed by atoms with Gasteiger partial charge in [-0.25, -0.2) is 9.97 Å². The maximum atomic E-state index is 12.5. The van der Waals surface area contributed by atoms with Crippen LogP contribution in [0.3, 0.4) is 0 Å². The molecule has 0 bridgehead atoms. The van der Waals surface area contributed by atoms with Crippen LogP contribution in [0.15, 0.2) is 36.8 Å². The van der Waals surface area contributed by atoms with Gasteiger partial charge in [-0.1, -0.05) is 6.07 Å². The minimum Gasteiger partial charge on any atom is -0.472 e. The zero-order chi connectivity index (χ0) is 17.8. The third kappa shape index (κ3) is 3.75. The van der Waals surface area contributed by atoms with Crippen LogP contribution in [0, 0.1) is 0 Å². The fraction of sp³-hybridized carbons (Fsp3) is 0.444. The molecule has 2 aromatic heterocycles. The summed E-state index contributed by atoms with van der Waals surface area (Å²) in [7, 11) is 0. The molecule has 2 aromatic rings. The van der Waals surface area contributed by atoms with Gasteiger partial charge in [0.15, 0.2) is 0 Å². The summed E-state index contributed by atoms with van der Waals surface area (Å²) >= 11 is 0. The van der Waals surface area contributed by atoms with Gasteiger partial charge in [-0.3, -0.25) is 9.78 Å². The van der Waals surface area contributed by atoms with E-state index in [0.29, 0.717) is 37.9 Å². The summed E-state index contributed by atoms with van der Waals surface area (Å²) in [5.74, 6) is 1.32. The van der Waals surface area contributed by atoms with Gasteiger partial charge in [0.05, 0.1) is 19.8 Å². The number of rotatable bonds is 4. The summed E-state index contributed by atoms with van der Waals surface area (Å²) in [6, 6.07) is 7.20. The van der Waals surface area contributed by atoms with Crippen LogP contribution in [0.2, 0.25) is 0 Å². The van der Waals surface area contributed by atoms with Crippen molar-refractivity contribution in [2.24, 2.45) is 0 Å². The zero-order valence-electron chi connectivity index (χ0n) is 14.5. The van der Waals surface area contributed by atoms with E-state index in [2.05, 4.69) is 19.9 Å². The fourth-order valence-corrected chi connectivity index (χ4v) is 3.19. The molecule has 4 rings (SSSR count). The first-order valence-corrected chi connectivity index (χ1v) is 8.81. The molecule has 2 aliphatic rings. The van der Waals surface area contributed by atoms with E-state index >= 15 is 0 Å². The minimum atomic E-state index is -0.0740. The molecule has 136 valence electrons. The topological polar surface area (TPSA) is 80.7 Å². The lowest BCUT2D eigenvalue weighted by Gasteiger charge is -2.27. The van der Waals surface area contributed by atoms with E-state index in [0.717, 1.165) is 25.3 Å². The molecule has 0 saturated carbocycles. The number of carbonyl (C=O) groups is 1. The Labute approximate surface area is 151 Å². The summed E-state index contributed by atoms with van der Waals surface area (Å²) in [5, 5.41) is 0. The zero-order valence-corrected chi connectivity index (χ0v) is 14.5. The van der Waals surface area contributed by atoms with Gasteiger partial charge in [0.25, 0.3) is 5.91 Å². The second kappa shape index (κ2) is 7.65. The summed E-state index contributed by atoms with van der Waals surface area (Å²) in [6.07, 6.45) is 3.85. The number of amides is 1. The number of nitrogens with zero attached hydrogens (tertiary/aromatic N) is 5. The number of hydrogen-bond donors (Lipinski definition) is 0. The predicted molar refractivity (Wildman–Crippen MR) is 94.2 cm³/mol. The number of morpholine rings is 1. The first kappa shape index (κ1) is 16.7. The van der Waals surface area contributed by atoms with Gasteiger partial charge in [-0.2, -0.15) is 0 Å². The van der Waals surface area contributed by atoms with E-state index in [4.69, 9.17) is 9.47 Å². The average molecular weight is 355 g/mol. The van der Waals surface area contributed by atoms with E-state index in [1.165, 1.54) is 6.33 Å². The molecule has 2 saturated heterocycles. The van der Waals surface area contributed by atoms with Gasteiger partial charge in [0.2, 0.25) is 5.88 Å². The molecule has 0 spiro atoms. The van der Waals surface area contributed by atoms with Crippen LogP contribution in [0.25, 0.3) is 0 Å². The Morgan fingerprint density at radius 1 is 1.15 bits per heavy atom. The predicted octanol–water partition coefficient (Wildman–Crippen LogP) is 1.00. The molecule has 0 unspecified atom stereocenters. The van der Waals surface area contributed by atoms with Crippen molar-refractivity contribution in [1.29, 1.82) is 0 Å². The lowest BCUT2D eigenvalue weighted by Crippen LogP contribution is -2.36. The van der Waals surface area contributed by atoms with Crippen molar-refractivity contribution in [2.75, 3.05) is 44.3 Å². The molecule has 8 heteroatoms.